The third-order valence-electron chi connectivity index (χ3n) is 9.80. The molecule has 4 heteroatoms. The van der Waals surface area contributed by atoms with Crippen molar-refractivity contribution in [3.05, 3.63) is 200 Å². The summed E-state index contributed by atoms with van der Waals surface area (Å²) in [5.74, 6) is 1.76. The summed E-state index contributed by atoms with van der Waals surface area (Å²) in [6, 6.07) is 68.8. The summed E-state index contributed by atoms with van der Waals surface area (Å²) in [7, 11) is 0. The third kappa shape index (κ3) is 6.43. The standard InChI is InChI=1S/C50H32N4/c51-33-34-18-20-40(21-19-34)45-16-9-17-46(47(45)44-31-26-37-14-7-8-15-43(37)32-44)50-53-48(41-27-22-38(23-28-41)35-10-3-1-4-11-35)52-49(54-50)42-29-24-39(25-30-42)36-12-5-2-6-13-36/h1-32H. The number of hydrogen-bond donors (Lipinski definition) is 0. The zero-order valence-electron chi connectivity index (χ0n) is 29.3. The first-order chi connectivity index (χ1) is 26.7. The van der Waals surface area contributed by atoms with Crippen molar-refractivity contribution in [2.24, 2.45) is 0 Å². The van der Waals surface area contributed by atoms with Gasteiger partial charge in [0.15, 0.2) is 17.5 Å². The summed E-state index contributed by atoms with van der Waals surface area (Å²) in [5.41, 5.74) is 11.9. The second-order valence-electron chi connectivity index (χ2n) is 13.2. The molecule has 0 N–H and O–H groups in total. The summed E-state index contributed by atoms with van der Waals surface area (Å²) in [5, 5.41) is 11.8. The largest absolute Gasteiger partial charge is 0.208 e. The maximum atomic E-state index is 9.54. The maximum Gasteiger partial charge on any atom is 0.164 e. The molecule has 0 amide bonds. The van der Waals surface area contributed by atoms with Gasteiger partial charge in [-0.05, 0) is 67.9 Å². The van der Waals surface area contributed by atoms with Crippen molar-refractivity contribution in [2.75, 3.05) is 0 Å². The van der Waals surface area contributed by atoms with Crippen LogP contribution in [0.15, 0.2) is 194 Å². The predicted molar refractivity (Wildman–Crippen MR) is 220 cm³/mol. The Bertz CT molecular complexity index is 2680. The van der Waals surface area contributed by atoms with Crippen molar-refractivity contribution in [3.63, 3.8) is 0 Å². The molecule has 0 aliphatic rings. The second kappa shape index (κ2) is 14.3. The number of aromatic nitrogens is 3. The van der Waals surface area contributed by atoms with E-state index in [1.54, 1.807) is 0 Å². The van der Waals surface area contributed by atoms with E-state index in [4.69, 9.17) is 15.0 Å². The van der Waals surface area contributed by atoms with E-state index >= 15 is 0 Å². The monoisotopic (exact) mass is 688 g/mol. The quantitative estimate of drug-likeness (QED) is 0.167. The fourth-order valence-electron chi connectivity index (χ4n) is 7.00. The molecule has 0 aliphatic heterocycles. The summed E-state index contributed by atoms with van der Waals surface area (Å²) in [6.07, 6.45) is 0. The zero-order chi connectivity index (χ0) is 36.3. The highest BCUT2D eigenvalue weighted by Crippen LogP contribution is 2.41. The van der Waals surface area contributed by atoms with Crippen LogP contribution in [0.2, 0.25) is 0 Å². The topological polar surface area (TPSA) is 62.5 Å². The van der Waals surface area contributed by atoms with Crippen LogP contribution in [-0.4, -0.2) is 15.0 Å². The van der Waals surface area contributed by atoms with Crippen LogP contribution in [0.25, 0.3) is 89.4 Å². The Morgan fingerprint density at radius 1 is 0.315 bits per heavy atom. The van der Waals surface area contributed by atoms with Gasteiger partial charge in [0.1, 0.15) is 0 Å². The Morgan fingerprint density at radius 3 is 1.33 bits per heavy atom. The molecule has 9 aromatic rings. The van der Waals surface area contributed by atoms with E-state index in [-0.39, 0.29) is 0 Å². The van der Waals surface area contributed by atoms with Gasteiger partial charge in [-0.25, -0.2) is 15.0 Å². The molecule has 1 heterocycles. The lowest BCUT2D eigenvalue weighted by Crippen LogP contribution is -2.02. The highest BCUT2D eigenvalue weighted by atomic mass is 15.0. The van der Waals surface area contributed by atoms with E-state index in [0.717, 1.165) is 66.6 Å². The second-order valence-corrected chi connectivity index (χ2v) is 13.2. The average Bonchev–Trinajstić information content (AvgIpc) is 3.26. The fourth-order valence-corrected chi connectivity index (χ4v) is 7.00. The normalized spacial score (nSPS) is 10.9. The molecule has 9 rings (SSSR count). The van der Waals surface area contributed by atoms with E-state index in [2.05, 4.69) is 164 Å². The van der Waals surface area contributed by atoms with Gasteiger partial charge in [0.2, 0.25) is 0 Å². The van der Waals surface area contributed by atoms with Gasteiger partial charge in [0, 0.05) is 22.3 Å². The van der Waals surface area contributed by atoms with Gasteiger partial charge in [-0.15, -0.1) is 0 Å². The highest BCUT2D eigenvalue weighted by molar-refractivity contribution is 5.97. The Hall–Kier alpha value is -7.48. The van der Waals surface area contributed by atoms with Gasteiger partial charge in [-0.2, -0.15) is 5.26 Å². The van der Waals surface area contributed by atoms with Gasteiger partial charge in [0.05, 0.1) is 11.6 Å². The van der Waals surface area contributed by atoms with Gasteiger partial charge in [-0.1, -0.05) is 176 Å². The Balaban J connectivity index is 1.25. The summed E-state index contributed by atoms with van der Waals surface area (Å²) < 4.78 is 0. The van der Waals surface area contributed by atoms with Crippen molar-refractivity contribution in [2.45, 2.75) is 0 Å². The van der Waals surface area contributed by atoms with E-state index in [1.165, 1.54) is 5.39 Å². The molecule has 54 heavy (non-hydrogen) atoms. The number of fused-ring (bicyclic) bond motifs is 1. The van der Waals surface area contributed by atoms with E-state index in [0.29, 0.717) is 23.0 Å². The molecule has 252 valence electrons. The van der Waals surface area contributed by atoms with Crippen molar-refractivity contribution < 1.29 is 0 Å². The van der Waals surface area contributed by atoms with Gasteiger partial charge in [0.25, 0.3) is 0 Å². The first-order valence-electron chi connectivity index (χ1n) is 17.9. The number of rotatable bonds is 7. The lowest BCUT2D eigenvalue weighted by molar-refractivity contribution is 1.07. The van der Waals surface area contributed by atoms with Gasteiger partial charge >= 0.3 is 0 Å². The van der Waals surface area contributed by atoms with Crippen LogP contribution in [0.1, 0.15) is 5.56 Å². The Morgan fingerprint density at radius 2 is 0.759 bits per heavy atom. The van der Waals surface area contributed by atoms with Gasteiger partial charge in [-0.3, -0.25) is 0 Å². The average molecular weight is 689 g/mol. The van der Waals surface area contributed by atoms with Crippen molar-refractivity contribution in [1.29, 1.82) is 5.26 Å². The molecule has 0 saturated carbocycles. The predicted octanol–water partition coefficient (Wildman–Crippen LogP) is 12.6. The maximum absolute atomic E-state index is 9.54. The summed E-state index contributed by atoms with van der Waals surface area (Å²) in [4.78, 5) is 15.5. The molecular weight excluding hydrogens is 657 g/mol. The van der Waals surface area contributed by atoms with Crippen molar-refractivity contribution in [3.8, 4) is 84.7 Å². The number of nitrogens with zero attached hydrogens (tertiary/aromatic N) is 4. The fraction of sp³-hybridized carbons (Fsp3) is 0. The minimum atomic E-state index is 0.577. The number of hydrogen-bond acceptors (Lipinski definition) is 4. The third-order valence-corrected chi connectivity index (χ3v) is 9.80. The Kier molecular flexibility index (Phi) is 8.57. The van der Waals surface area contributed by atoms with Crippen LogP contribution < -0.4 is 0 Å². The van der Waals surface area contributed by atoms with E-state index in [1.807, 2.05) is 36.4 Å². The number of benzene rings is 8. The molecule has 0 saturated heterocycles. The molecule has 1 aromatic heterocycles. The van der Waals surface area contributed by atoms with Crippen LogP contribution in [-0.2, 0) is 0 Å². The molecule has 0 spiro atoms. The summed E-state index contributed by atoms with van der Waals surface area (Å²) >= 11 is 0. The van der Waals surface area contributed by atoms with Crippen LogP contribution in [0.4, 0.5) is 0 Å². The molecule has 8 aromatic carbocycles. The first-order valence-corrected chi connectivity index (χ1v) is 17.9. The highest BCUT2D eigenvalue weighted by Gasteiger charge is 2.20. The Labute approximate surface area is 314 Å². The molecule has 0 bridgehead atoms. The summed E-state index contributed by atoms with van der Waals surface area (Å²) in [6.45, 7) is 0. The van der Waals surface area contributed by atoms with Crippen molar-refractivity contribution >= 4 is 10.8 Å². The van der Waals surface area contributed by atoms with Crippen LogP contribution >= 0.6 is 0 Å². The van der Waals surface area contributed by atoms with E-state index < -0.39 is 0 Å². The smallest absolute Gasteiger partial charge is 0.164 e. The van der Waals surface area contributed by atoms with Crippen molar-refractivity contribution in [1.82, 2.24) is 15.0 Å². The number of nitriles is 1. The lowest BCUT2D eigenvalue weighted by Gasteiger charge is -2.17. The van der Waals surface area contributed by atoms with E-state index in [9.17, 15) is 5.26 Å². The molecule has 0 atom stereocenters. The molecule has 0 aliphatic carbocycles. The molecule has 0 fully saturated rings. The van der Waals surface area contributed by atoms with Crippen LogP contribution in [0.5, 0.6) is 0 Å². The lowest BCUT2D eigenvalue weighted by atomic mass is 9.89. The molecular formula is C50H32N4. The molecule has 4 nitrogen and oxygen atoms in total. The van der Waals surface area contributed by atoms with Crippen LogP contribution in [0, 0.1) is 11.3 Å². The zero-order valence-corrected chi connectivity index (χ0v) is 29.3. The first kappa shape index (κ1) is 32.4. The minimum absolute atomic E-state index is 0.577. The molecule has 0 unspecified atom stereocenters. The minimum Gasteiger partial charge on any atom is -0.208 e. The molecule has 0 radical (unpaired) electrons. The SMILES string of the molecule is N#Cc1ccc(-c2cccc(-c3nc(-c4ccc(-c5ccccc5)cc4)nc(-c4ccc(-c5ccccc5)cc4)n3)c2-c2ccc3ccccc3c2)cc1. The van der Waals surface area contributed by atoms with Crippen LogP contribution in [0.3, 0.4) is 0 Å². The van der Waals surface area contributed by atoms with Gasteiger partial charge < -0.3 is 0 Å².